The van der Waals surface area contributed by atoms with Gasteiger partial charge in [0.15, 0.2) is 10.8 Å². The first-order valence-electron chi connectivity index (χ1n) is 7.56. The third-order valence-corrected chi connectivity index (χ3v) is 5.58. The summed E-state index contributed by atoms with van der Waals surface area (Å²) in [5.74, 6) is 0.843. The highest BCUT2D eigenvalue weighted by Crippen LogP contribution is 2.34. The first-order valence-corrected chi connectivity index (χ1v) is 8.44. The highest BCUT2D eigenvalue weighted by Gasteiger charge is 2.32. The molecule has 5 heteroatoms. The largest absolute Gasteiger partial charge is 0.462 e. The molecule has 0 saturated carbocycles. The summed E-state index contributed by atoms with van der Waals surface area (Å²) in [5.41, 5.74) is 1.26. The van der Waals surface area contributed by atoms with Crippen LogP contribution in [0.3, 0.4) is 0 Å². The van der Waals surface area contributed by atoms with Crippen LogP contribution in [0.5, 0.6) is 0 Å². The van der Waals surface area contributed by atoms with E-state index in [4.69, 9.17) is 4.42 Å². The highest BCUT2D eigenvalue weighted by molar-refractivity contribution is 7.13. The molecular formula is C16H22N2O2S. The molecule has 2 aromatic heterocycles. The fourth-order valence-corrected chi connectivity index (χ4v) is 3.71. The van der Waals surface area contributed by atoms with Crippen molar-refractivity contribution in [3.63, 3.8) is 0 Å². The van der Waals surface area contributed by atoms with Gasteiger partial charge in [0.1, 0.15) is 0 Å². The number of aliphatic hydroxyl groups is 1. The van der Waals surface area contributed by atoms with Crippen LogP contribution in [0.2, 0.25) is 0 Å². The summed E-state index contributed by atoms with van der Waals surface area (Å²) in [7, 11) is 0. The van der Waals surface area contributed by atoms with Crippen molar-refractivity contribution in [1.29, 1.82) is 0 Å². The minimum Gasteiger partial charge on any atom is -0.462 e. The van der Waals surface area contributed by atoms with Crippen LogP contribution in [-0.2, 0) is 6.54 Å². The van der Waals surface area contributed by atoms with Crippen LogP contribution < -0.4 is 0 Å². The highest BCUT2D eigenvalue weighted by atomic mass is 32.1. The Balaban J connectivity index is 1.59. The minimum absolute atomic E-state index is 0.151. The Morgan fingerprint density at radius 2 is 2.24 bits per heavy atom. The lowest BCUT2D eigenvalue weighted by Crippen LogP contribution is -2.41. The molecule has 1 aliphatic heterocycles. The molecule has 0 amide bonds. The number of piperidine rings is 1. The number of likely N-dealkylation sites (tertiary alicyclic amines) is 1. The molecule has 114 valence electrons. The van der Waals surface area contributed by atoms with Crippen molar-refractivity contribution < 1.29 is 9.52 Å². The van der Waals surface area contributed by atoms with E-state index in [9.17, 15) is 5.11 Å². The molecule has 0 radical (unpaired) electrons. The Morgan fingerprint density at radius 1 is 1.43 bits per heavy atom. The van der Waals surface area contributed by atoms with E-state index in [1.165, 1.54) is 0 Å². The summed E-state index contributed by atoms with van der Waals surface area (Å²) >= 11 is 1.63. The maximum atomic E-state index is 9.59. The number of nitrogens with zero attached hydrogens (tertiary/aromatic N) is 2. The van der Waals surface area contributed by atoms with E-state index in [0.29, 0.717) is 6.61 Å². The van der Waals surface area contributed by atoms with Crippen LogP contribution >= 0.6 is 11.3 Å². The zero-order chi connectivity index (χ0) is 14.7. The zero-order valence-electron chi connectivity index (χ0n) is 12.4. The Labute approximate surface area is 129 Å². The van der Waals surface area contributed by atoms with Gasteiger partial charge in [-0.3, -0.25) is 4.90 Å². The van der Waals surface area contributed by atoms with Crippen molar-refractivity contribution in [2.45, 2.75) is 32.7 Å². The number of aromatic nitrogens is 1. The van der Waals surface area contributed by atoms with Crippen LogP contribution in [0, 0.1) is 5.41 Å². The molecule has 2 aromatic rings. The molecule has 0 aromatic carbocycles. The summed E-state index contributed by atoms with van der Waals surface area (Å²) in [4.78, 5) is 7.09. The number of rotatable bonds is 5. The Kier molecular flexibility index (Phi) is 4.42. The second-order valence-electron chi connectivity index (χ2n) is 5.91. The Hall–Kier alpha value is -1.17. The molecule has 0 spiro atoms. The van der Waals surface area contributed by atoms with E-state index in [1.807, 2.05) is 12.1 Å². The summed E-state index contributed by atoms with van der Waals surface area (Å²) in [6.07, 6.45) is 4.90. The van der Waals surface area contributed by atoms with E-state index in [-0.39, 0.29) is 5.41 Å². The summed E-state index contributed by atoms with van der Waals surface area (Å²) in [6.45, 7) is 5.48. The molecule has 1 saturated heterocycles. The van der Waals surface area contributed by atoms with Crippen molar-refractivity contribution in [2.24, 2.45) is 5.41 Å². The van der Waals surface area contributed by atoms with Gasteiger partial charge in [0.25, 0.3) is 0 Å². The molecule has 0 aliphatic carbocycles. The third-order valence-electron chi connectivity index (χ3n) is 4.67. The van der Waals surface area contributed by atoms with Gasteiger partial charge in [-0.25, -0.2) is 4.98 Å². The lowest BCUT2D eigenvalue weighted by atomic mass is 9.77. The quantitative estimate of drug-likeness (QED) is 0.920. The molecule has 3 rings (SSSR count). The second kappa shape index (κ2) is 6.30. The predicted octanol–water partition coefficient (Wildman–Crippen LogP) is 3.39. The van der Waals surface area contributed by atoms with Crippen LogP contribution in [0.4, 0.5) is 0 Å². The number of aliphatic hydroxyl groups excluding tert-OH is 1. The topological polar surface area (TPSA) is 49.5 Å². The van der Waals surface area contributed by atoms with E-state index in [0.717, 1.165) is 55.4 Å². The molecule has 4 nitrogen and oxygen atoms in total. The molecule has 3 heterocycles. The first kappa shape index (κ1) is 14.8. The average molecular weight is 306 g/mol. The Morgan fingerprint density at radius 3 is 2.86 bits per heavy atom. The molecule has 0 atom stereocenters. The van der Waals surface area contributed by atoms with Crippen molar-refractivity contribution in [2.75, 3.05) is 19.7 Å². The molecule has 0 unspecified atom stereocenters. The Bertz CT molecular complexity index is 551. The zero-order valence-corrected chi connectivity index (χ0v) is 13.2. The molecule has 1 N–H and O–H groups in total. The normalized spacial score (nSPS) is 19.0. The summed E-state index contributed by atoms with van der Waals surface area (Å²) < 4.78 is 5.39. The van der Waals surface area contributed by atoms with Crippen LogP contribution in [0.1, 0.15) is 31.9 Å². The van der Waals surface area contributed by atoms with Gasteiger partial charge in [0.05, 0.1) is 12.0 Å². The predicted molar refractivity (Wildman–Crippen MR) is 84.1 cm³/mol. The average Bonchev–Trinajstić information content (AvgIpc) is 3.19. The van der Waals surface area contributed by atoms with Gasteiger partial charge in [0, 0.05) is 18.5 Å². The van der Waals surface area contributed by atoms with E-state index < -0.39 is 0 Å². The van der Waals surface area contributed by atoms with Crippen molar-refractivity contribution in [3.05, 3.63) is 29.5 Å². The van der Waals surface area contributed by atoms with Crippen molar-refractivity contribution in [1.82, 2.24) is 9.88 Å². The molecule has 1 fully saturated rings. The second-order valence-corrected chi connectivity index (χ2v) is 6.77. The van der Waals surface area contributed by atoms with Gasteiger partial charge in [-0.15, -0.1) is 11.3 Å². The van der Waals surface area contributed by atoms with Crippen LogP contribution in [0.15, 0.2) is 28.2 Å². The van der Waals surface area contributed by atoms with Gasteiger partial charge in [-0.2, -0.15) is 0 Å². The molecule has 0 bridgehead atoms. The maximum Gasteiger partial charge on any atom is 0.162 e. The lowest BCUT2D eigenvalue weighted by Gasteiger charge is -2.40. The monoisotopic (exact) mass is 306 g/mol. The van der Waals surface area contributed by atoms with Crippen molar-refractivity contribution in [3.8, 4) is 10.8 Å². The fraction of sp³-hybridized carbons (Fsp3) is 0.562. The first-order chi connectivity index (χ1) is 10.2. The molecular weight excluding hydrogens is 284 g/mol. The van der Waals surface area contributed by atoms with Gasteiger partial charge < -0.3 is 9.52 Å². The van der Waals surface area contributed by atoms with E-state index in [1.54, 1.807) is 17.6 Å². The number of thiazole rings is 1. The van der Waals surface area contributed by atoms with Crippen molar-refractivity contribution >= 4 is 11.3 Å². The number of hydrogen-bond donors (Lipinski definition) is 1. The van der Waals surface area contributed by atoms with Gasteiger partial charge in [-0.05, 0) is 49.9 Å². The van der Waals surface area contributed by atoms with Crippen LogP contribution in [-0.4, -0.2) is 34.7 Å². The standard InChI is InChI=1S/C16H22N2O2S/c1-2-16(12-19)5-7-18(8-6-16)10-13-11-21-15(17-13)14-4-3-9-20-14/h3-4,9,11,19H,2,5-8,10,12H2,1H3. The van der Waals surface area contributed by atoms with Crippen LogP contribution in [0.25, 0.3) is 10.8 Å². The lowest BCUT2D eigenvalue weighted by molar-refractivity contribution is 0.0379. The third kappa shape index (κ3) is 3.20. The molecule has 1 aliphatic rings. The summed E-state index contributed by atoms with van der Waals surface area (Å²) in [5, 5.41) is 12.7. The van der Waals surface area contributed by atoms with Gasteiger partial charge in [-0.1, -0.05) is 6.92 Å². The SMILES string of the molecule is CCC1(CO)CCN(Cc2csc(-c3ccco3)n2)CC1. The summed E-state index contributed by atoms with van der Waals surface area (Å²) in [6, 6.07) is 3.83. The minimum atomic E-state index is 0.151. The van der Waals surface area contributed by atoms with E-state index in [2.05, 4.69) is 22.2 Å². The maximum absolute atomic E-state index is 9.59. The number of hydrogen-bond acceptors (Lipinski definition) is 5. The molecule has 21 heavy (non-hydrogen) atoms. The fourth-order valence-electron chi connectivity index (χ4n) is 2.93. The smallest absolute Gasteiger partial charge is 0.162 e. The van der Waals surface area contributed by atoms with E-state index >= 15 is 0 Å². The van der Waals surface area contributed by atoms with Gasteiger partial charge >= 0.3 is 0 Å². The number of furan rings is 1. The van der Waals surface area contributed by atoms with Gasteiger partial charge in [0.2, 0.25) is 0 Å².